The van der Waals surface area contributed by atoms with Gasteiger partial charge in [-0.15, -0.1) is 0 Å². The van der Waals surface area contributed by atoms with Crippen LogP contribution in [-0.4, -0.2) is 36.9 Å². The summed E-state index contributed by atoms with van der Waals surface area (Å²) in [6.45, 7) is 3.17. The minimum atomic E-state index is 0.0307. The summed E-state index contributed by atoms with van der Waals surface area (Å²) in [6.07, 6.45) is 2.47. The zero-order chi connectivity index (χ0) is 17.6. The van der Waals surface area contributed by atoms with E-state index in [4.69, 9.17) is 0 Å². The van der Waals surface area contributed by atoms with Crippen molar-refractivity contribution in [1.82, 2.24) is 24.5 Å². The SMILES string of the molecule is Cc1c(C(=O)N2CCc3c(nn(C)c3-c3ccccc3)C2)cnn1C. The molecule has 0 atom stereocenters. The molecule has 2 aromatic heterocycles. The topological polar surface area (TPSA) is 56.0 Å². The van der Waals surface area contributed by atoms with Gasteiger partial charge in [-0.3, -0.25) is 14.2 Å². The van der Waals surface area contributed by atoms with E-state index >= 15 is 0 Å². The molecule has 6 heteroatoms. The molecule has 0 saturated carbocycles. The molecule has 1 amide bonds. The molecular formula is C19H21N5O. The van der Waals surface area contributed by atoms with Gasteiger partial charge in [0.2, 0.25) is 0 Å². The number of amides is 1. The lowest BCUT2D eigenvalue weighted by molar-refractivity contribution is 0.0731. The number of hydrogen-bond acceptors (Lipinski definition) is 3. The van der Waals surface area contributed by atoms with Crippen LogP contribution >= 0.6 is 0 Å². The Hall–Kier alpha value is -2.89. The van der Waals surface area contributed by atoms with Crippen LogP contribution in [0.5, 0.6) is 0 Å². The fourth-order valence-corrected chi connectivity index (χ4v) is 3.53. The summed E-state index contributed by atoms with van der Waals surface area (Å²) in [5.74, 6) is 0.0307. The third-order valence-electron chi connectivity index (χ3n) is 5.00. The van der Waals surface area contributed by atoms with Crippen LogP contribution in [0.15, 0.2) is 36.5 Å². The molecule has 0 fully saturated rings. The lowest BCUT2D eigenvalue weighted by Crippen LogP contribution is -2.36. The van der Waals surface area contributed by atoms with E-state index in [1.807, 2.05) is 48.8 Å². The van der Waals surface area contributed by atoms with Crippen molar-refractivity contribution in [1.29, 1.82) is 0 Å². The van der Waals surface area contributed by atoms with E-state index < -0.39 is 0 Å². The Kier molecular flexibility index (Phi) is 3.67. The Morgan fingerprint density at radius 3 is 2.56 bits per heavy atom. The third-order valence-corrected chi connectivity index (χ3v) is 5.00. The Labute approximate surface area is 146 Å². The van der Waals surface area contributed by atoms with E-state index in [0.29, 0.717) is 18.7 Å². The van der Waals surface area contributed by atoms with Crippen molar-refractivity contribution in [2.75, 3.05) is 6.54 Å². The molecule has 25 heavy (non-hydrogen) atoms. The Morgan fingerprint density at radius 1 is 1.12 bits per heavy atom. The number of rotatable bonds is 2. The van der Waals surface area contributed by atoms with Gasteiger partial charge in [0.15, 0.2) is 0 Å². The van der Waals surface area contributed by atoms with Crippen molar-refractivity contribution in [3.8, 4) is 11.3 Å². The van der Waals surface area contributed by atoms with Crippen LogP contribution in [0.2, 0.25) is 0 Å². The number of aryl methyl sites for hydroxylation is 2. The Morgan fingerprint density at radius 2 is 1.88 bits per heavy atom. The number of fused-ring (bicyclic) bond motifs is 1. The first-order chi connectivity index (χ1) is 12.1. The van der Waals surface area contributed by atoms with Crippen molar-refractivity contribution in [3.05, 3.63) is 59.0 Å². The highest BCUT2D eigenvalue weighted by atomic mass is 16.2. The Balaban J connectivity index is 1.65. The Bertz CT molecular complexity index is 938. The molecule has 3 aromatic rings. The van der Waals surface area contributed by atoms with Crippen LogP contribution < -0.4 is 0 Å². The number of carbonyl (C=O) groups excluding carboxylic acids is 1. The summed E-state index contributed by atoms with van der Waals surface area (Å²) in [4.78, 5) is 14.7. The van der Waals surface area contributed by atoms with Gasteiger partial charge >= 0.3 is 0 Å². The average Bonchev–Trinajstić information content (AvgIpc) is 3.13. The lowest BCUT2D eigenvalue weighted by atomic mass is 9.99. The van der Waals surface area contributed by atoms with Crippen molar-refractivity contribution < 1.29 is 4.79 Å². The monoisotopic (exact) mass is 335 g/mol. The van der Waals surface area contributed by atoms with Crippen molar-refractivity contribution in [2.45, 2.75) is 19.9 Å². The standard InChI is InChI=1S/C19H21N5O/c1-13-16(11-20-22(13)2)19(25)24-10-9-15-17(12-24)21-23(3)18(15)14-7-5-4-6-8-14/h4-8,11H,9-10,12H2,1-3H3. The molecule has 4 rings (SSSR count). The minimum absolute atomic E-state index is 0.0307. The molecule has 1 aromatic carbocycles. The molecular weight excluding hydrogens is 314 g/mol. The molecule has 0 radical (unpaired) electrons. The summed E-state index contributed by atoms with van der Waals surface area (Å²) in [6, 6.07) is 10.3. The zero-order valence-corrected chi connectivity index (χ0v) is 14.7. The first kappa shape index (κ1) is 15.6. The summed E-state index contributed by atoms with van der Waals surface area (Å²) >= 11 is 0. The van der Waals surface area contributed by atoms with Crippen LogP contribution in [0.3, 0.4) is 0 Å². The first-order valence-corrected chi connectivity index (χ1v) is 8.44. The summed E-state index contributed by atoms with van der Waals surface area (Å²) in [5, 5.41) is 8.87. The molecule has 0 bridgehead atoms. The van der Waals surface area contributed by atoms with E-state index in [-0.39, 0.29) is 5.91 Å². The highest BCUT2D eigenvalue weighted by Gasteiger charge is 2.28. The maximum Gasteiger partial charge on any atom is 0.257 e. The van der Waals surface area contributed by atoms with Crippen LogP contribution in [0, 0.1) is 6.92 Å². The predicted octanol–water partition coefficient (Wildman–Crippen LogP) is 2.33. The zero-order valence-electron chi connectivity index (χ0n) is 14.7. The van der Waals surface area contributed by atoms with Gasteiger partial charge in [-0.25, -0.2) is 0 Å². The average molecular weight is 335 g/mol. The molecule has 6 nitrogen and oxygen atoms in total. The number of nitrogens with zero attached hydrogens (tertiary/aromatic N) is 5. The molecule has 1 aliphatic heterocycles. The normalized spacial score (nSPS) is 13.8. The maximum absolute atomic E-state index is 12.8. The van der Waals surface area contributed by atoms with Gasteiger partial charge in [0.1, 0.15) is 0 Å². The molecule has 128 valence electrons. The summed E-state index contributed by atoms with van der Waals surface area (Å²) < 4.78 is 3.67. The molecule has 1 aliphatic rings. The summed E-state index contributed by atoms with van der Waals surface area (Å²) in [5.41, 5.74) is 6.12. The van der Waals surface area contributed by atoms with Crippen molar-refractivity contribution >= 4 is 5.91 Å². The molecule has 0 aliphatic carbocycles. The third kappa shape index (κ3) is 2.54. The van der Waals surface area contributed by atoms with E-state index in [1.54, 1.807) is 10.9 Å². The second kappa shape index (κ2) is 5.88. The number of aromatic nitrogens is 4. The summed E-state index contributed by atoms with van der Waals surface area (Å²) in [7, 11) is 3.82. The van der Waals surface area contributed by atoms with Gasteiger partial charge in [-0.05, 0) is 13.3 Å². The van der Waals surface area contributed by atoms with E-state index in [0.717, 1.165) is 23.5 Å². The van der Waals surface area contributed by atoms with Gasteiger partial charge in [0, 0.05) is 37.5 Å². The number of carbonyl (C=O) groups is 1. The van der Waals surface area contributed by atoms with Crippen LogP contribution in [0.4, 0.5) is 0 Å². The number of benzene rings is 1. The highest BCUT2D eigenvalue weighted by molar-refractivity contribution is 5.95. The van der Waals surface area contributed by atoms with E-state index in [1.165, 1.54) is 11.1 Å². The smallest absolute Gasteiger partial charge is 0.257 e. The van der Waals surface area contributed by atoms with E-state index in [2.05, 4.69) is 22.3 Å². The van der Waals surface area contributed by atoms with Gasteiger partial charge in [-0.1, -0.05) is 30.3 Å². The highest BCUT2D eigenvalue weighted by Crippen LogP contribution is 2.30. The molecule has 0 spiro atoms. The lowest BCUT2D eigenvalue weighted by Gasteiger charge is -2.26. The maximum atomic E-state index is 12.8. The van der Waals surface area contributed by atoms with Gasteiger partial charge in [0.25, 0.3) is 5.91 Å². The largest absolute Gasteiger partial charge is 0.332 e. The predicted molar refractivity (Wildman–Crippen MR) is 95.0 cm³/mol. The second-order valence-electron chi connectivity index (χ2n) is 6.51. The molecule has 0 unspecified atom stereocenters. The molecule has 0 N–H and O–H groups in total. The van der Waals surface area contributed by atoms with Gasteiger partial charge in [-0.2, -0.15) is 10.2 Å². The van der Waals surface area contributed by atoms with Gasteiger partial charge < -0.3 is 4.90 Å². The van der Waals surface area contributed by atoms with E-state index in [9.17, 15) is 4.79 Å². The quantitative estimate of drug-likeness (QED) is 0.722. The fourth-order valence-electron chi connectivity index (χ4n) is 3.53. The minimum Gasteiger partial charge on any atom is -0.332 e. The fraction of sp³-hybridized carbons (Fsp3) is 0.316. The van der Waals surface area contributed by atoms with Crippen molar-refractivity contribution in [2.24, 2.45) is 14.1 Å². The van der Waals surface area contributed by atoms with Crippen molar-refractivity contribution in [3.63, 3.8) is 0 Å². The molecule has 0 saturated heterocycles. The number of hydrogen-bond donors (Lipinski definition) is 0. The molecule has 3 heterocycles. The first-order valence-electron chi connectivity index (χ1n) is 8.44. The second-order valence-corrected chi connectivity index (χ2v) is 6.51. The van der Waals surface area contributed by atoms with Crippen LogP contribution in [-0.2, 0) is 27.1 Å². The van der Waals surface area contributed by atoms with Gasteiger partial charge in [0.05, 0.1) is 29.7 Å². The van der Waals surface area contributed by atoms with Crippen LogP contribution in [0.1, 0.15) is 27.3 Å². The van der Waals surface area contributed by atoms with Crippen LogP contribution in [0.25, 0.3) is 11.3 Å².